The molecule has 0 unspecified atom stereocenters. The maximum absolute atomic E-state index is 14.2. The number of carbonyl (C=O) groups is 1. The number of nitrogens with one attached hydrogen (secondary N) is 1. The van der Waals surface area contributed by atoms with Crippen LogP contribution in [0.4, 0.5) is 13.2 Å². The van der Waals surface area contributed by atoms with Crippen molar-refractivity contribution in [3.05, 3.63) is 76.3 Å². The SMILES string of the molecule is CC.CC(C)(C)Cc1nc(-c2cc(F)ccc2F)sc1Cc1ccccc1.CF.NCCCNC(=O)CO. The van der Waals surface area contributed by atoms with Crippen molar-refractivity contribution in [3.8, 4) is 10.6 Å². The van der Waals surface area contributed by atoms with Gasteiger partial charge in [-0.3, -0.25) is 9.18 Å². The highest BCUT2D eigenvalue weighted by Gasteiger charge is 2.21. The minimum atomic E-state index is -0.450. The summed E-state index contributed by atoms with van der Waals surface area (Å²) in [7, 11) is 0.500. The summed E-state index contributed by atoms with van der Waals surface area (Å²) in [6.45, 7) is 11.1. The highest BCUT2D eigenvalue weighted by Crippen LogP contribution is 2.34. The molecular formula is C29H42F3N3O2S. The van der Waals surface area contributed by atoms with Crippen LogP contribution in [0, 0.1) is 17.0 Å². The van der Waals surface area contributed by atoms with E-state index in [0.717, 1.165) is 42.0 Å². The predicted octanol–water partition coefficient (Wildman–Crippen LogP) is 6.32. The second-order valence-corrected chi connectivity index (χ2v) is 10.1. The number of alkyl halides is 1. The van der Waals surface area contributed by atoms with Crippen molar-refractivity contribution in [2.75, 3.05) is 26.9 Å². The molecule has 3 aromatic rings. The number of thiazole rings is 1. The van der Waals surface area contributed by atoms with Crippen molar-refractivity contribution in [1.29, 1.82) is 0 Å². The smallest absolute Gasteiger partial charge is 0.245 e. The third kappa shape index (κ3) is 13.7. The Morgan fingerprint density at radius 2 is 1.71 bits per heavy atom. The van der Waals surface area contributed by atoms with E-state index in [1.807, 2.05) is 32.0 Å². The Balaban J connectivity index is 0.000000891. The van der Waals surface area contributed by atoms with Crippen LogP contribution in [0.1, 0.15) is 57.2 Å². The van der Waals surface area contributed by atoms with Crippen LogP contribution < -0.4 is 11.1 Å². The monoisotopic (exact) mass is 553 g/mol. The molecule has 5 nitrogen and oxygen atoms in total. The lowest BCUT2D eigenvalue weighted by Crippen LogP contribution is -2.28. The molecule has 0 aliphatic carbocycles. The second kappa shape index (κ2) is 19.3. The summed E-state index contributed by atoms with van der Waals surface area (Å²) in [5.41, 5.74) is 7.60. The number of halogens is 3. The van der Waals surface area contributed by atoms with Crippen molar-refractivity contribution < 1.29 is 23.1 Å². The standard InChI is InChI=1S/C21H21F2NS.C5H12N2O2.C2H6.CH3F/c1-21(2,3)13-18-19(11-14-7-5-4-6-8-14)25-20(24-18)16-12-15(22)9-10-17(16)23;6-2-1-3-7-5(9)4-8;2*1-2/h4-10,12H,11,13H2,1-3H3;8H,1-4,6H2,(H,7,9);1-2H3;1H3. The van der Waals surface area contributed by atoms with E-state index in [-0.39, 0.29) is 16.9 Å². The molecule has 0 aliphatic rings. The summed E-state index contributed by atoms with van der Waals surface area (Å²) in [5.74, 6) is -1.24. The number of rotatable bonds is 8. The van der Waals surface area contributed by atoms with Crippen LogP contribution in [0.15, 0.2) is 48.5 Å². The van der Waals surface area contributed by atoms with Gasteiger partial charge in [0.2, 0.25) is 5.91 Å². The molecule has 2 aromatic carbocycles. The van der Waals surface area contributed by atoms with Crippen molar-refractivity contribution in [2.45, 2.75) is 53.9 Å². The zero-order valence-electron chi connectivity index (χ0n) is 23.3. The summed E-state index contributed by atoms with van der Waals surface area (Å²) >= 11 is 1.45. The van der Waals surface area contributed by atoms with Crippen LogP contribution in [-0.4, -0.2) is 42.9 Å². The molecule has 0 radical (unpaired) electrons. The molecule has 0 aliphatic heterocycles. The van der Waals surface area contributed by atoms with Gasteiger partial charge in [0.25, 0.3) is 0 Å². The second-order valence-electron chi connectivity index (χ2n) is 9.06. The van der Waals surface area contributed by atoms with E-state index in [1.54, 1.807) is 0 Å². The van der Waals surface area contributed by atoms with Gasteiger partial charge in [0, 0.05) is 23.4 Å². The first-order chi connectivity index (χ1) is 18.1. The van der Waals surface area contributed by atoms with Gasteiger partial charge >= 0.3 is 0 Å². The number of amides is 1. The summed E-state index contributed by atoms with van der Waals surface area (Å²) in [6.07, 6.45) is 2.30. The Morgan fingerprint density at radius 3 is 2.26 bits per heavy atom. The average Bonchev–Trinajstić information content (AvgIpc) is 3.29. The van der Waals surface area contributed by atoms with Crippen LogP contribution in [0.25, 0.3) is 10.6 Å². The minimum absolute atomic E-state index is 0.0667. The minimum Gasteiger partial charge on any atom is -0.387 e. The molecule has 9 heteroatoms. The number of carbonyl (C=O) groups excluding carboxylic acids is 1. The number of nitrogens with zero attached hydrogens (tertiary/aromatic N) is 1. The van der Waals surface area contributed by atoms with Gasteiger partial charge in [0.15, 0.2) is 0 Å². The lowest BCUT2D eigenvalue weighted by molar-refractivity contribution is -0.123. The Morgan fingerprint density at radius 1 is 1.08 bits per heavy atom. The Kier molecular flexibility index (Phi) is 17.9. The largest absolute Gasteiger partial charge is 0.387 e. The molecule has 4 N–H and O–H groups in total. The first kappa shape index (κ1) is 35.2. The van der Waals surface area contributed by atoms with Crippen LogP contribution in [0.5, 0.6) is 0 Å². The van der Waals surface area contributed by atoms with Gasteiger partial charge < -0.3 is 16.2 Å². The van der Waals surface area contributed by atoms with Gasteiger partial charge in [-0.25, -0.2) is 13.8 Å². The maximum atomic E-state index is 14.2. The number of hydrogen-bond acceptors (Lipinski definition) is 5. The molecule has 38 heavy (non-hydrogen) atoms. The molecule has 0 bridgehead atoms. The quantitative estimate of drug-likeness (QED) is 0.285. The fourth-order valence-electron chi connectivity index (χ4n) is 3.11. The van der Waals surface area contributed by atoms with E-state index in [1.165, 1.54) is 23.0 Å². The Bertz CT molecular complexity index is 1050. The number of benzene rings is 2. The van der Waals surface area contributed by atoms with Gasteiger partial charge in [-0.15, -0.1) is 11.3 Å². The molecule has 212 valence electrons. The molecule has 3 rings (SSSR count). The molecule has 0 spiro atoms. The molecule has 0 saturated carbocycles. The predicted molar refractivity (Wildman–Crippen MR) is 152 cm³/mol. The summed E-state index contributed by atoms with van der Waals surface area (Å²) in [5, 5.41) is 11.2. The van der Waals surface area contributed by atoms with E-state index >= 15 is 0 Å². The number of aromatic nitrogens is 1. The van der Waals surface area contributed by atoms with E-state index in [2.05, 4.69) is 43.2 Å². The van der Waals surface area contributed by atoms with E-state index in [0.29, 0.717) is 25.3 Å². The average molecular weight is 554 g/mol. The van der Waals surface area contributed by atoms with Crippen LogP contribution in [0.2, 0.25) is 0 Å². The topological polar surface area (TPSA) is 88.2 Å². The Labute approximate surface area is 229 Å². The zero-order chi connectivity index (χ0) is 29.1. The number of nitrogens with two attached hydrogens (primary N) is 1. The molecule has 1 heterocycles. The number of aliphatic hydroxyl groups excluding tert-OH is 1. The van der Waals surface area contributed by atoms with Gasteiger partial charge in [-0.05, 0) is 48.6 Å². The molecule has 1 aromatic heterocycles. The number of hydrogen-bond donors (Lipinski definition) is 3. The molecule has 1 amide bonds. The first-order valence-corrected chi connectivity index (χ1v) is 13.4. The first-order valence-electron chi connectivity index (χ1n) is 12.6. The highest BCUT2D eigenvalue weighted by molar-refractivity contribution is 7.15. The van der Waals surface area contributed by atoms with E-state index < -0.39 is 18.2 Å². The fraction of sp³-hybridized carbons (Fsp3) is 0.448. The lowest BCUT2D eigenvalue weighted by Gasteiger charge is -2.17. The van der Waals surface area contributed by atoms with Crippen molar-refractivity contribution in [2.24, 2.45) is 11.1 Å². The summed E-state index contributed by atoms with van der Waals surface area (Å²) < 4.78 is 37.2. The van der Waals surface area contributed by atoms with Gasteiger partial charge in [0.1, 0.15) is 23.2 Å². The molecule has 0 fully saturated rings. The maximum Gasteiger partial charge on any atom is 0.245 e. The van der Waals surface area contributed by atoms with Gasteiger partial charge in [0.05, 0.1) is 12.9 Å². The normalized spacial score (nSPS) is 10.2. The van der Waals surface area contributed by atoms with Gasteiger partial charge in [-0.1, -0.05) is 65.0 Å². The van der Waals surface area contributed by atoms with E-state index in [4.69, 9.17) is 10.8 Å². The third-order valence-corrected chi connectivity index (χ3v) is 5.82. The molecule has 0 atom stereocenters. The number of aliphatic hydroxyl groups is 1. The lowest BCUT2D eigenvalue weighted by atomic mass is 9.89. The van der Waals surface area contributed by atoms with Crippen LogP contribution in [-0.2, 0) is 17.6 Å². The Hall–Kier alpha value is -2.75. The van der Waals surface area contributed by atoms with Crippen LogP contribution in [0.3, 0.4) is 0 Å². The molecule has 0 saturated heterocycles. The highest BCUT2D eigenvalue weighted by atomic mass is 32.1. The summed E-state index contributed by atoms with van der Waals surface area (Å²) in [6, 6.07) is 13.7. The zero-order valence-corrected chi connectivity index (χ0v) is 24.1. The van der Waals surface area contributed by atoms with E-state index in [9.17, 15) is 18.0 Å². The van der Waals surface area contributed by atoms with Crippen LogP contribution >= 0.6 is 11.3 Å². The van der Waals surface area contributed by atoms with Crippen molar-refractivity contribution in [1.82, 2.24) is 10.3 Å². The van der Waals surface area contributed by atoms with Gasteiger partial charge in [-0.2, -0.15) is 0 Å². The van der Waals surface area contributed by atoms with Crippen molar-refractivity contribution in [3.63, 3.8) is 0 Å². The summed E-state index contributed by atoms with van der Waals surface area (Å²) in [4.78, 5) is 16.1. The third-order valence-electron chi connectivity index (χ3n) is 4.69. The fourth-order valence-corrected chi connectivity index (χ4v) is 4.24. The molecular weight excluding hydrogens is 511 g/mol. The van der Waals surface area contributed by atoms with Crippen molar-refractivity contribution >= 4 is 17.2 Å².